The molecule has 1 aromatic rings. The summed E-state index contributed by atoms with van der Waals surface area (Å²) in [5.74, 6) is 1.59. The molecule has 34 heavy (non-hydrogen) atoms. The van der Waals surface area contributed by atoms with E-state index in [9.17, 15) is 0 Å². The first-order chi connectivity index (χ1) is 16.8. The first-order valence-electron chi connectivity index (χ1n) is 15.9. The van der Waals surface area contributed by atoms with Crippen molar-refractivity contribution < 1.29 is 4.57 Å². The van der Waals surface area contributed by atoms with Gasteiger partial charge in [-0.05, 0) is 25.7 Å². The normalized spacial score (nSPS) is 11.5. The molecule has 0 aromatic carbocycles. The van der Waals surface area contributed by atoms with Gasteiger partial charge in [0.1, 0.15) is 12.4 Å². The lowest BCUT2D eigenvalue weighted by molar-refractivity contribution is -0.704. The van der Waals surface area contributed by atoms with Crippen molar-refractivity contribution in [3.8, 4) is 0 Å². The van der Waals surface area contributed by atoms with Crippen LogP contribution in [0.15, 0.2) is 12.4 Å². The Morgan fingerprint density at radius 1 is 0.500 bits per heavy atom. The summed E-state index contributed by atoms with van der Waals surface area (Å²) in [6.07, 6.45) is 38.6. The number of hydrogen-bond acceptors (Lipinski definition) is 0. The molecule has 0 aliphatic carbocycles. The van der Waals surface area contributed by atoms with Crippen molar-refractivity contribution in [2.75, 3.05) is 0 Å². The molecule has 1 rings (SSSR count). The van der Waals surface area contributed by atoms with Gasteiger partial charge in [-0.2, -0.15) is 0 Å². The number of rotatable bonds is 26. The SMILES string of the molecule is CCCCCCCCCCCCCCc1n(CCC)cc[n+]1CCCCCCCCCCCC. The van der Waals surface area contributed by atoms with Crippen LogP contribution in [-0.4, -0.2) is 4.57 Å². The molecule has 0 fully saturated rings. The summed E-state index contributed by atoms with van der Waals surface area (Å²) in [4.78, 5) is 0. The number of unbranched alkanes of at least 4 members (excludes halogenated alkanes) is 20. The molecule has 0 unspecified atom stereocenters. The molecule has 0 saturated carbocycles. The van der Waals surface area contributed by atoms with E-state index in [0.29, 0.717) is 0 Å². The largest absolute Gasteiger partial charge is 0.256 e. The zero-order valence-corrected chi connectivity index (χ0v) is 23.9. The predicted octanol–water partition coefficient (Wildman–Crippen LogP) is 10.4. The Kier molecular flexibility index (Phi) is 22.0. The van der Waals surface area contributed by atoms with Gasteiger partial charge in [0.2, 0.25) is 0 Å². The van der Waals surface area contributed by atoms with Crippen molar-refractivity contribution >= 4 is 0 Å². The van der Waals surface area contributed by atoms with Gasteiger partial charge in [0.15, 0.2) is 0 Å². The van der Waals surface area contributed by atoms with Gasteiger partial charge in [-0.25, -0.2) is 9.13 Å². The van der Waals surface area contributed by atoms with E-state index < -0.39 is 0 Å². The highest BCUT2D eigenvalue weighted by Crippen LogP contribution is 2.14. The zero-order valence-electron chi connectivity index (χ0n) is 23.9. The zero-order chi connectivity index (χ0) is 24.5. The van der Waals surface area contributed by atoms with Crippen LogP contribution in [-0.2, 0) is 19.5 Å². The number of aryl methyl sites for hydroxylation is 2. The van der Waals surface area contributed by atoms with Crippen molar-refractivity contribution in [2.24, 2.45) is 0 Å². The van der Waals surface area contributed by atoms with Gasteiger partial charge in [0.05, 0.1) is 13.1 Å². The van der Waals surface area contributed by atoms with E-state index >= 15 is 0 Å². The second kappa shape index (κ2) is 23.9. The van der Waals surface area contributed by atoms with E-state index in [1.54, 1.807) is 5.82 Å². The maximum absolute atomic E-state index is 2.58. The summed E-state index contributed by atoms with van der Waals surface area (Å²) in [6.45, 7) is 9.32. The monoisotopic (exact) mass is 475 g/mol. The smallest absolute Gasteiger partial charge is 0.234 e. The lowest BCUT2D eigenvalue weighted by Crippen LogP contribution is -2.37. The van der Waals surface area contributed by atoms with Crippen molar-refractivity contribution in [3.63, 3.8) is 0 Å². The van der Waals surface area contributed by atoms with Gasteiger partial charge in [-0.15, -0.1) is 0 Å². The van der Waals surface area contributed by atoms with Crippen LogP contribution in [0.2, 0.25) is 0 Å². The van der Waals surface area contributed by atoms with Crippen LogP contribution in [0.5, 0.6) is 0 Å². The number of aromatic nitrogens is 2. The van der Waals surface area contributed by atoms with E-state index in [1.807, 2.05) is 0 Å². The molecule has 1 heterocycles. The van der Waals surface area contributed by atoms with Crippen molar-refractivity contribution in [2.45, 2.75) is 188 Å². The van der Waals surface area contributed by atoms with Crippen molar-refractivity contribution in [1.29, 1.82) is 0 Å². The second-order valence-corrected chi connectivity index (χ2v) is 10.9. The lowest BCUT2D eigenvalue weighted by Gasteiger charge is -2.06. The molecule has 2 heteroatoms. The molecule has 0 saturated heterocycles. The maximum Gasteiger partial charge on any atom is 0.256 e. The van der Waals surface area contributed by atoms with Crippen LogP contribution in [0.25, 0.3) is 0 Å². The van der Waals surface area contributed by atoms with Crippen LogP contribution < -0.4 is 4.57 Å². The minimum atomic E-state index is 1.18. The van der Waals surface area contributed by atoms with Gasteiger partial charge < -0.3 is 0 Å². The summed E-state index contributed by atoms with van der Waals surface area (Å²) >= 11 is 0. The maximum atomic E-state index is 2.58. The van der Waals surface area contributed by atoms with Gasteiger partial charge in [0.25, 0.3) is 5.82 Å². The van der Waals surface area contributed by atoms with E-state index in [1.165, 1.54) is 167 Å². The molecule has 200 valence electrons. The summed E-state index contributed by atoms with van der Waals surface area (Å²) in [6, 6.07) is 0. The Balaban J connectivity index is 2.13. The van der Waals surface area contributed by atoms with Crippen molar-refractivity contribution in [3.05, 3.63) is 18.2 Å². The predicted molar refractivity (Wildman–Crippen MR) is 152 cm³/mol. The average Bonchev–Trinajstić information content (AvgIpc) is 3.22. The average molecular weight is 476 g/mol. The minimum absolute atomic E-state index is 1.18. The quantitative estimate of drug-likeness (QED) is 0.0930. The van der Waals surface area contributed by atoms with Gasteiger partial charge >= 0.3 is 0 Å². The molecule has 0 bridgehead atoms. The van der Waals surface area contributed by atoms with E-state index in [0.717, 1.165) is 0 Å². The molecule has 1 aromatic heterocycles. The Hall–Kier alpha value is -0.790. The Bertz CT molecular complexity index is 533. The van der Waals surface area contributed by atoms with Crippen LogP contribution in [0, 0.1) is 0 Å². The summed E-state index contributed by atoms with van der Waals surface area (Å²) in [7, 11) is 0. The topological polar surface area (TPSA) is 8.81 Å². The molecule has 0 aliphatic rings. The second-order valence-electron chi connectivity index (χ2n) is 10.9. The fourth-order valence-electron chi connectivity index (χ4n) is 5.33. The van der Waals surface area contributed by atoms with E-state index in [2.05, 4.69) is 42.3 Å². The van der Waals surface area contributed by atoms with Crippen LogP contribution in [0.3, 0.4) is 0 Å². The third kappa shape index (κ3) is 16.8. The molecule has 0 amide bonds. The van der Waals surface area contributed by atoms with Crippen LogP contribution >= 0.6 is 0 Å². The Morgan fingerprint density at radius 2 is 0.912 bits per heavy atom. The Labute approximate surface area is 215 Å². The van der Waals surface area contributed by atoms with E-state index in [4.69, 9.17) is 0 Å². The Morgan fingerprint density at radius 3 is 1.35 bits per heavy atom. The number of hydrogen-bond donors (Lipinski definition) is 0. The first kappa shape index (κ1) is 31.2. The van der Waals surface area contributed by atoms with Gasteiger partial charge in [0, 0.05) is 6.42 Å². The van der Waals surface area contributed by atoms with Gasteiger partial charge in [-0.1, -0.05) is 143 Å². The highest BCUT2D eigenvalue weighted by molar-refractivity contribution is 4.84. The fourth-order valence-corrected chi connectivity index (χ4v) is 5.33. The first-order valence-corrected chi connectivity index (χ1v) is 15.9. The third-order valence-corrected chi connectivity index (χ3v) is 7.56. The fraction of sp³-hybridized carbons (Fsp3) is 0.906. The van der Waals surface area contributed by atoms with Gasteiger partial charge in [-0.3, -0.25) is 0 Å². The molecular formula is C32H63N2+. The summed E-state index contributed by atoms with van der Waals surface area (Å²) < 4.78 is 5.12. The highest BCUT2D eigenvalue weighted by Gasteiger charge is 2.15. The minimum Gasteiger partial charge on any atom is -0.234 e. The highest BCUT2D eigenvalue weighted by atomic mass is 15.1. The van der Waals surface area contributed by atoms with Crippen molar-refractivity contribution in [1.82, 2.24) is 4.57 Å². The summed E-state index contributed by atoms with van der Waals surface area (Å²) in [5, 5.41) is 0. The molecule has 0 radical (unpaired) electrons. The lowest BCUT2D eigenvalue weighted by atomic mass is 10.0. The molecule has 0 spiro atoms. The standard InChI is InChI=1S/C32H63N2/c1-4-7-9-11-13-15-17-18-19-21-23-25-27-32-33(28-6-3)30-31-34(32)29-26-24-22-20-16-14-12-10-8-5-2/h30-31H,4-29H2,1-3H3/q+1. The molecule has 0 atom stereocenters. The number of imidazole rings is 1. The van der Waals surface area contributed by atoms with Crippen LogP contribution in [0.1, 0.15) is 174 Å². The summed E-state index contributed by atoms with van der Waals surface area (Å²) in [5.41, 5.74) is 0. The van der Waals surface area contributed by atoms with Crippen LogP contribution in [0.4, 0.5) is 0 Å². The molecular weight excluding hydrogens is 412 g/mol. The third-order valence-electron chi connectivity index (χ3n) is 7.56. The molecule has 2 nitrogen and oxygen atoms in total. The number of nitrogens with zero attached hydrogens (tertiary/aromatic N) is 2. The van der Waals surface area contributed by atoms with E-state index in [-0.39, 0.29) is 0 Å². The molecule has 0 N–H and O–H groups in total. The molecule has 0 aliphatic heterocycles.